The normalized spacial score (nSPS) is 20.0. The lowest BCUT2D eigenvalue weighted by Crippen LogP contribution is -2.51. The number of nitriles is 2. The Balaban J connectivity index is 2.46. The topological polar surface area (TPSA) is 60.0 Å². The van der Waals surface area contributed by atoms with Gasteiger partial charge in [0.1, 0.15) is 5.54 Å². The van der Waals surface area contributed by atoms with E-state index in [0.29, 0.717) is 19.6 Å². The first-order chi connectivity index (χ1) is 10.1. The smallest absolute Gasteiger partial charge is 0.136 e. The van der Waals surface area contributed by atoms with Crippen molar-refractivity contribution in [3.8, 4) is 12.1 Å². The van der Waals surface area contributed by atoms with Crippen molar-refractivity contribution in [1.82, 2.24) is 4.90 Å². The first-order valence-corrected chi connectivity index (χ1v) is 7.33. The predicted molar refractivity (Wildman–Crippen MR) is 80.3 cm³/mol. The molecule has 0 aromatic heterocycles. The Morgan fingerprint density at radius 2 is 2.05 bits per heavy atom. The van der Waals surface area contributed by atoms with Gasteiger partial charge in [0.05, 0.1) is 25.4 Å². The van der Waals surface area contributed by atoms with Gasteiger partial charge < -0.3 is 4.74 Å². The summed E-state index contributed by atoms with van der Waals surface area (Å²) in [6.07, 6.45) is 0.517. The van der Waals surface area contributed by atoms with E-state index in [2.05, 4.69) is 23.1 Å². The molecule has 4 heteroatoms. The van der Waals surface area contributed by atoms with Gasteiger partial charge in [0.2, 0.25) is 0 Å². The van der Waals surface area contributed by atoms with E-state index < -0.39 is 5.54 Å². The molecule has 1 saturated heterocycles. The van der Waals surface area contributed by atoms with Crippen LogP contribution in [0.15, 0.2) is 24.3 Å². The number of benzene rings is 1. The van der Waals surface area contributed by atoms with Gasteiger partial charge in [-0.2, -0.15) is 10.5 Å². The molecule has 0 unspecified atom stereocenters. The molecule has 1 heterocycles. The molecule has 1 aromatic rings. The van der Waals surface area contributed by atoms with Crippen LogP contribution in [0.4, 0.5) is 0 Å². The van der Waals surface area contributed by atoms with Crippen LogP contribution in [0.5, 0.6) is 0 Å². The maximum Gasteiger partial charge on any atom is 0.136 e. The van der Waals surface area contributed by atoms with Crippen molar-refractivity contribution in [2.24, 2.45) is 5.92 Å². The highest BCUT2D eigenvalue weighted by atomic mass is 16.5. The standard InChI is InChI=1S/C17H21N3O/c1-14-4-3-5-16(10-14)17(13-19,11-15(2)12-18)20-6-8-21-9-7-20/h3-5,10,15H,6-9,11H2,1-2H3/t15-,17+/m0/s1. The summed E-state index contributed by atoms with van der Waals surface area (Å²) in [5, 5.41) is 19.2. The Labute approximate surface area is 126 Å². The van der Waals surface area contributed by atoms with E-state index in [4.69, 9.17) is 4.74 Å². The molecular formula is C17H21N3O. The molecule has 0 radical (unpaired) electrons. The Hall–Kier alpha value is -1.88. The minimum absolute atomic E-state index is 0.173. The van der Waals surface area contributed by atoms with Gasteiger partial charge in [-0.05, 0) is 25.8 Å². The molecule has 0 amide bonds. The summed E-state index contributed by atoms with van der Waals surface area (Å²) >= 11 is 0. The summed E-state index contributed by atoms with van der Waals surface area (Å²) in [5.74, 6) is -0.173. The lowest BCUT2D eigenvalue weighted by molar-refractivity contribution is -0.0104. The SMILES string of the molecule is Cc1cccc([C@](C#N)(C[C@H](C)C#N)N2CCOCC2)c1. The molecule has 0 spiro atoms. The van der Waals surface area contributed by atoms with E-state index >= 15 is 0 Å². The van der Waals surface area contributed by atoms with Crippen LogP contribution in [0, 0.1) is 35.5 Å². The molecule has 21 heavy (non-hydrogen) atoms. The zero-order valence-electron chi connectivity index (χ0n) is 12.7. The zero-order chi connectivity index (χ0) is 15.3. The number of hydrogen-bond acceptors (Lipinski definition) is 4. The van der Waals surface area contributed by atoms with Crippen LogP contribution in [0.25, 0.3) is 0 Å². The van der Waals surface area contributed by atoms with E-state index in [-0.39, 0.29) is 5.92 Å². The largest absolute Gasteiger partial charge is 0.379 e. The number of aryl methyl sites for hydroxylation is 1. The van der Waals surface area contributed by atoms with Gasteiger partial charge in [0.15, 0.2) is 0 Å². The first-order valence-electron chi connectivity index (χ1n) is 7.33. The maximum absolute atomic E-state index is 9.98. The number of ether oxygens (including phenoxy) is 1. The number of nitrogens with zero attached hydrogens (tertiary/aromatic N) is 3. The molecule has 2 rings (SSSR count). The Morgan fingerprint density at radius 1 is 1.33 bits per heavy atom. The third kappa shape index (κ3) is 3.24. The predicted octanol–water partition coefficient (Wildman–Crippen LogP) is 2.60. The molecule has 0 aliphatic carbocycles. The van der Waals surface area contributed by atoms with E-state index in [1.807, 2.05) is 32.0 Å². The van der Waals surface area contributed by atoms with E-state index in [1.165, 1.54) is 0 Å². The van der Waals surface area contributed by atoms with E-state index in [9.17, 15) is 10.5 Å². The van der Waals surface area contributed by atoms with Gasteiger partial charge >= 0.3 is 0 Å². The van der Waals surface area contributed by atoms with Crippen molar-refractivity contribution in [2.45, 2.75) is 25.8 Å². The molecule has 0 N–H and O–H groups in total. The third-order valence-electron chi connectivity index (χ3n) is 4.05. The van der Waals surface area contributed by atoms with Gasteiger partial charge in [-0.15, -0.1) is 0 Å². The summed E-state index contributed by atoms with van der Waals surface area (Å²) in [6, 6.07) is 12.8. The molecule has 1 fully saturated rings. The van der Waals surface area contributed by atoms with Crippen molar-refractivity contribution in [1.29, 1.82) is 10.5 Å². The van der Waals surface area contributed by atoms with Crippen molar-refractivity contribution in [2.75, 3.05) is 26.3 Å². The van der Waals surface area contributed by atoms with Crippen LogP contribution < -0.4 is 0 Å². The Bertz CT molecular complexity index is 566. The summed E-state index contributed by atoms with van der Waals surface area (Å²) in [6.45, 7) is 6.62. The average Bonchev–Trinajstić information content (AvgIpc) is 2.53. The quantitative estimate of drug-likeness (QED) is 0.852. The fourth-order valence-corrected chi connectivity index (χ4v) is 2.95. The monoisotopic (exact) mass is 283 g/mol. The molecule has 1 aromatic carbocycles. The summed E-state index contributed by atoms with van der Waals surface area (Å²) in [7, 11) is 0. The van der Waals surface area contributed by atoms with Crippen molar-refractivity contribution < 1.29 is 4.74 Å². The van der Waals surface area contributed by atoms with Crippen LogP contribution in [0.2, 0.25) is 0 Å². The average molecular weight is 283 g/mol. The molecule has 4 nitrogen and oxygen atoms in total. The molecule has 0 saturated carbocycles. The lowest BCUT2D eigenvalue weighted by atomic mass is 9.81. The summed E-state index contributed by atoms with van der Waals surface area (Å²) in [5.41, 5.74) is 1.37. The number of hydrogen-bond donors (Lipinski definition) is 0. The molecular weight excluding hydrogens is 262 g/mol. The highest BCUT2D eigenvalue weighted by molar-refractivity contribution is 5.35. The van der Waals surface area contributed by atoms with Crippen LogP contribution in [-0.2, 0) is 10.3 Å². The fraction of sp³-hybridized carbons (Fsp3) is 0.529. The number of rotatable bonds is 4. The van der Waals surface area contributed by atoms with Crippen LogP contribution in [0.3, 0.4) is 0 Å². The second kappa shape index (κ2) is 6.72. The maximum atomic E-state index is 9.98. The second-order valence-electron chi connectivity index (χ2n) is 5.68. The summed E-state index contributed by atoms with van der Waals surface area (Å²) in [4.78, 5) is 2.17. The molecule has 2 atom stereocenters. The molecule has 1 aliphatic rings. The van der Waals surface area contributed by atoms with Crippen molar-refractivity contribution in [3.63, 3.8) is 0 Å². The minimum Gasteiger partial charge on any atom is -0.379 e. The minimum atomic E-state index is -0.745. The van der Waals surface area contributed by atoms with Crippen molar-refractivity contribution >= 4 is 0 Å². The summed E-state index contributed by atoms with van der Waals surface area (Å²) < 4.78 is 5.41. The highest BCUT2D eigenvalue weighted by Gasteiger charge is 2.41. The lowest BCUT2D eigenvalue weighted by Gasteiger charge is -2.42. The first kappa shape index (κ1) is 15.5. The van der Waals surface area contributed by atoms with E-state index in [0.717, 1.165) is 24.2 Å². The van der Waals surface area contributed by atoms with Crippen LogP contribution >= 0.6 is 0 Å². The van der Waals surface area contributed by atoms with E-state index in [1.54, 1.807) is 0 Å². The second-order valence-corrected chi connectivity index (χ2v) is 5.68. The van der Waals surface area contributed by atoms with Gasteiger partial charge in [0.25, 0.3) is 0 Å². The Morgan fingerprint density at radius 3 is 2.62 bits per heavy atom. The molecule has 1 aliphatic heterocycles. The fourth-order valence-electron chi connectivity index (χ4n) is 2.95. The van der Waals surface area contributed by atoms with Gasteiger partial charge in [-0.3, -0.25) is 4.90 Å². The van der Waals surface area contributed by atoms with Crippen molar-refractivity contribution in [3.05, 3.63) is 35.4 Å². The van der Waals surface area contributed by atoms with Gasteiger partial charge in [-0.1, -0.05) is 29.8 Å². The number of morpholine rings is 1. The van der Waals surface area contributed by atoms with Gasteiger partial charge in [-0.25, -0.2) is 0 Å². The van der Waals surface area contributed by atoms with Crippen LogP contribution in [-0.4, -0.2) is 31.2 Å². The Kier molecular flexibility index (Phi) is 4.96. The van der Waals surface area contributed by atoms with Gasteiger partial charge in [0, 0.05) is 19.0 Å². The molecule has 0 bridgehead atoms. The highest BCUT2D eigenvalue weighted by Crippen LogP contribution is 2.35. The van der Waals surface area contributed by atoms with Crippen LogP contribution in [0.1, 0.15) is 24.5 Å². The molecule has 110 valence electrons. The zero-order valence-corrected chi connectivity index (χ0v) is 12.7. The third-order valence-corrected chi connectivity index (χ3v) is 4.05.